The number of methoxy groups -OCH3 is 1. The molecule has 20 heavy (non-hydrogen) atoms. The smallest absolute Gasteiger partial charge is 0.278 e. The second kappa shape index (κ2) is 5.16. The molecule has 0 aliphatic rings. The molecule has 0 bridgehead atoms. The predicted molar refractivity (Wildman–Crippen MR) is 72.8 cm³/mol. The van der Waals surface area contributed by atoms with Crippen LogP contribution in [0, 0.1) is 0 Å². The van der Waals surface area contributed by atoms with Gasteiger partial charge in [-0.15, -0.1) is 0 Å². The van der Waals surface area contributed by atoms with Crippen LogP contribution in [-0.4, -0.2) is 26.8 Å². The minimum atomic E-state index is 0.439. The van der Waals surface area contributed by atoms with E-state index < -0.39 is 0 Å². The van der Waals surface area contributed by atoms with Gasteiger partial charge in [0.2, 0.25) is 0 Å². The molecule has 0 fully saturated rings. The van der Waals surface area contributed by atoms with Crippen LogP contribution in [0.25, 0.3) is 17.3 Å². The number of imidazole rings is 1. The third-order valence-corrected chi connectivity index (χ3v) is 2.96. The first-order valence-corrected chi connectivity index (χ1v) is 6.31. The van der Waals surface area contributed by atoms with Crippen molar-refractivity contribution >= 4 is 0 Å². The van der Waals surface area contributed by atoms with Crippen LogP contribution < -0.4 is 4.74 Å². The van der Waals surface area contributed by atoms with Crippen LogP contribution in [0.1, 0.15) is 12.7 Å². The fourth-order valence-electron chi connectivity index (χ4n) is 1.83. The van der Waals surface area contributed by atoms with Gasteiger partial charge < -0.3 is 13.8 Å². The fourth-order valence-corrected chi connectivity index (χ4v) is 1.83. The standard InChI is InChI=1S/C14H14N4O2/c1-3-13-16-14(20-17-13)12-8-18(9-15-12)10-4-6-11(19-2)7-5-10/h4-9H,3H2,1-2H3. The van der Waals surface area contributed by atoms with Crippen molar-refractivity contribution in [3.8, 4) is 23.0 Å². The molecule has 0 aliphatic heterocycles. The largest absolute Gasteiger partial charge is 0.497 e. The Morgan fingerprint density at radius 3 is 2.70 bits per heavy atom. The number of benzene rings is 1. The fraction of sp³-hybridized carbons (Fsp3) is 0.214. The Labute approximate surface area is 116 Å². The maximum Gasteiger partial charge on any atom is 0.278 e. The first-order chi connectivity index (χ1) is 9.80. The lowest BCUT2D eigenvalue weighted by molar-refractivity contribution is 0.414. The van der Waals surface area contributed by atoms with Crippen molar-refractivity contribution in [3.05, 3.63) is 42.6 Å². The first kappa shape index (κ1) is 12.4. The molecule has 0 atom stereocenters. The van der Waals surface area contributed by atoms with E-state index in [4.69, 9.17) is 9.26 Å². The van der Waals surface area contributed by atoms with E-state index in [-0.39, 0.29) is 0 Å². The molecular formula is C14H14N4O2. The summed E-state index contributed by atoms with van der Waals surface area (Å²) in [5.41, 5.74) is 1.65. The van der Waals surface area contributed by atoms with Crippen molar-refractivity contribution in [1.82, 2.24) is 19.7 Å². The summed E-state index contributed by atoms with van der Waals surface area (Å²) in [6, 6.07) is 7.71. The van der Waals surface area contributed by atoms with Gasteiger partial charge in [-0.05, 0) is 24.3 Å². The number of hydrogen-bond donors (Lipinski definition) is 0. The van der Waals surface area contributed by atoms with Gasteiger partial charge in [-0.3, -0.25) is 0 Å². The van der Waals surface area contributed by atoms with Crippen molar-refractivity contribution in [1.29, 1.82) is 0 Å². The molecule has 0 saturated heterocycles. The Kier molecular flexibility index (Phi) is 3.20. The van der Waals surface area contributed by atoms with E-state index in [1.807, 2.05) is 42.0 Å². The van der Waals surface area contributed by atoms with Crippen molar-refractivity contribution in [3.63, 3.8) is 0 Å². The average molecular weight is 270 g/mol. The van der Waals surface area contributed by atoms with E-state index in [9.17, 15) is 0 Å². The second-order valence-corrected chi connectivity index (χ2v) is 4.23. The van der Waals surface area contributed by atoms with Gasteiger partial charge in [-0.25, -0.2) is 4.98 Å². The number of rotatable bonds is 4. The summed E-state index contributed by atoms with van der Waals surface area (Å²) < 4.78 is 12.2. The van der Waals surface area contributed by atoms with Crippen LogP contribution in [0.5, 0.6) is 5.75 Å². The van der Waals surface area contributed by atoms with Gasteiger partial charge in [0.1, 0.15) is 17.8 Å². The molecule has 0 aliphatic carbocycles. The summed E-state index contributed by atoms with van der Waals surface area (Å²) in [4.78, 5) is 8.55. The molecule has 0 unspecified atom stereocenters. The lowest BCUT2D eigenvalue weighted by atomic mass is 10.3. The molecule has 0 spiro atoms. The van der Waals surface area contributed by atoms with Gasteiger partial charge in [0.25, 0.3) is 5.89 Å². The molecule has 0 radical (unpaired) electrons. The quantitative estimate of drug-likeness (QED) is 0.728. The molecule has 3 aromatic rings. The average Bonchev–Trinajstić information content (AvgIpc) is 3.16. The van der Waals surface area contributed by atoms with Gasteiger partial charge >= 0.3 is 0 Å². The Balaban J connectivity index is 1.88. The number of hydrogen-bond acceptors (Lipinski definition) is 5. The van der Waals surface area contributed by atoms with Crippen LogP contribution in [-0.2, 0) is 6.42 Å². The normalized spacial score (nSPS) is 10.7. The Bertz CT molecular complexity index is 700. The molecule has 0 saturated carbocycles. The lowest BCUT2D eigenvalue weighted by Crippen LogP contribution is -1.90. The lowest BCUT2D eigenvalue weighted by Gasteiger charge is -2.03. The molecule has 3 rings (SSSR count). The van der Waals surface area contributed by atoms with Crippen LogP contribution in [0.15, 0.2) is 41.3 Å². The van der Waals surface area contributed by atoms with Crippen LogP contribution in [0.4, 0.5) is 0 Å². The van der Waals surface area contributed by atoms with E-state index in [1.54, 1.807) is 13.4 Å². The zero-order chi connectivity index (χ0) is 13.9. The topological polar surface area (TPSA) is 66.0 Å². The highest BCUT2D eigenvalue weighted by molar-refractivity contribution is 5.47. The molecule has 6 nitrogen and oxygen atoms in total. The highest BCUT2D eigenvalue weighted by Gasteiger charge is 2.11. The monoisotopic (exact) mass is 270 g/mol. The summed E-state index contributed by atoms with van der Waals surface area (Å²) in [7, 11) is 1.64. The highest BCUT2D eigenvalue weighted by atomic mass is 16.5. The Hall–Kier alpha value is -2.63. The first-order valence-electron chi connectivity index (χ1n) is 6.31. The summed E-state index contributed by atoms with van der Waals surface area (Å²) in [5.74, 6) is 1.94. The second-order valence-electron chi connectivity index (χ2n) is 4.23. The Morgan fingerprint density at radius 1 is 1.25 bits per heavy atom. The summed E-state index contributed by atoms with van der Waals surface area (Å²) in [6.45, 7) is 1.98. The Morgan fingerprint density at radius 2 is 2.05 bits per heavy atom. The highest BCUT2D eigenvalue weighted by Crippen LogP contribution is 2.19. The predicted octanol–water partition coefficient (Wildman–Crippen LogP) is 2.49. The van der Waals surface area contributed by atoms with Crippen molar-refractivity contribution in [2.75, 3.05) is 7.11 Å². The summed E-state index contributed by atoms with van der Waals surface area (Å²) >= 11 is 0. The van der Waals surface area contributed by atoms with E-state index in [0.717, 1.165) is 17.9 Å². The van der Waals surface area contributed by atoms with Gasteiger partial charge in [-0.1, -0.05) is 12.1 Å². The number of aryl methyl sites for hydroxylation is 1. The molecule has 6 heteroatoms. The van der Waals surface area contributed by atoms with Crippen molar-refractivity contribution in [2.45, 2.75) is 13.3 Å². The van der Waals surface area contributed by atoms with Crippen LogP contribution in [0.3, 0.4) is 0 Å². The molecule has 1 aromatic carbocycles. The van der Waals surface area contributed by atoms with E-state index in [0.29, 0.717) is 17.4 Å². The van der Waals surface area contributed by atoms with E-state index in [1.165, 1.54) is 0 Å². The van der Waals surface area contributed by atoms with Crippen LogP contribution in [0.2, 0.25) is 0 Å². The van der Waals surface area contributed by atoms with E-state index >= 15 is 0 Å². The summed E-state index contributed by atoms with van der Waals surface area (Å²) in [6.07, 6.45) is 4.31. The van der Waals surface area contributed by atoms with Gasteiger partial charge in [0.15, 0.2) is 5.82 Å². The number of nitrogens with zero attached hydrogens (tertiary/aromatic N) is 4. The molecule has 102 valence electrons. The van der Waals surface area contributed by atoms with Gasteiger partial charge in [0.05, 0.1) is 7.11 Å². The minimum absolute atomic E-state index is 0.439. The molecule has 2 heterocycles. The van der Waals surface area contributed by atoms with Gasteiger partial charge in [0, 0.05) is 18.3 Å². The molecule has 0 N–H and O–H groups in total. The van der Waals surface area contributed by atoms with Gasteiger partial charge in [-0.2, -0.15) is 4.98 Å². The maximum absolute atomic E-state index is 5.17. The van der Waals surface area contributed by atoms with Crippen molar-refractivity contribution in [2.24, 2.45) is 0 Å². The third kappa shape index (κ3) is 2.27. The van der Waals surface area contributed by atoms with Crippen LogP contribution >= 0.6 is 0 Å². The summed E-state index contributed by atoms with van der Waals surface area (Å²) in [5, 5.41) is 3.86. The zero-order valence-corrected chi connectivity index (χ0v) is 11.3. The molecular weight excluding hydrogens is 256 g/mol. The number of ether oxygens (including phenoxy) is 1. The third-order valence-electron chi connectivity index (χ3n) is 2.96. The zero-order valence-electron chi connectivity index (χ0n) is 11.3. The number of aromatic nitrogens is 4. The molecule has 0 amide bonds. The maximum atomic E-state index is 5.17. The van der Waals surface area contributed by atoms with Crippen molar-refractivity contribution < 1.29 is 9.26 Å². The van der Waals surface area contributed by atoms with E-state index in [2.05, 4.69) is 15.1 Å². The SMILES string of the molecule is CCc1noc(-c2cn(-c3ccc(OC)cc3)cn2)n1. The minimum Gasteiger partial charge on any atom is -0.497 e. The molecule has 2 aromatic heterocycles.